The lowest BCUT2D eigenvalue weighted by Gasteiger charge is -2.28. The minimum atomic E-state index is -1.35. The van der Waals surface area contributed by atoms with Crippen molar-refractivity contribution < 1.29 is 48.0 Å². The van der Waals surface area contributed by atoms with Crippen molar-refractivity contribution >= 4 is 29.7 Å². The molecule has 2 bridgehead atoms. The van der Waals surface area contributed by atoms with Gasteiger partial charge in [-0.25, -0.2) is 0 Å². The van der Waals surface area contributed by atoms with E-state index in [9.17, 15) is 24.3 Å². The fraction of sp³-hybridized carbons (Fsp3) is 0.429. The Bertz CT molecular complexity index is 1950. The molecule has 0 saturated carbocycles. The van der Waals surface area contributed by atoms with Gasteiger partial charge in [0, 0.05) is 24.2 Å². The van der Waals surface area contributed by atoms with E-state index in [0.29, 0.717) is 73.2 Å². The smallest absolute Gasteiger partial charge is 0.251 e. The second-order valence-electron chi connectivity index (χ2n) is 14.3. The first-order valence-corrected chi connectivity index (χ1v) is 19.0. The summed E-state index contributed by atoms with van der Waals surface area (Å²) in [6, 6.07) is 13.2. The highest BCUT2D eigenvalue weighted by Crippen LogP contribution is 2.37. The van der Waals surface area contributed by atoms with E-state index < -0.39 is 35.9 Å². The van der Waals surface area contributed by atoms with Crippen LogP contribution in [0.4, 0.5) is 0 Å². The van der Waals surface area contributed by atoms with Gasteiger partial charge in [-0.15, -0.1) is 0 Å². The zero-order chi connectivity index (χ0) is 41.1. The number of aliphatic hydroxyl groups is 1. The minimum absolute atomic E-state index is 0.0488. The number of rotatable bonds is 7. The van der Waals surface area contributed by atoms with Crippen molar-refractivity contribution in [3.8, 4) is 34.5 Å². The molecule has 0 unspecified atom stereocenters. The average Bonchev–Trinajstić information content (AvgIpc) is 3.19. The van der Waals surface area contributed by atoms with Crippen LogP contribution in [0.15, 0.2) is 60.2 Å². The Kier molecular flexibility index (Phi) is 14.8. The standard InChI is InChI=1S/C42H53N5O10/c1-25(2)38-41(51)44-21-31-33(54-5)10-9-11-34(31)57-36-20-28(12-14-35(36)55-6)40(50)43-16-7-8-17-47(23-37(49)45-39(26(3)48)42(52)46-38)22-27-18-29-19-30(53-4)13-15-32(29)56-24-27/h9-15,18-20,25-26,38-39,48H,7-8,16-17,21-24H2,1-6H3,(H,43,50)(H,44,51)(H,45,49)(H,46,52)/t26-,38-,39+/m1/s1. The highest BCUT2D eigenvalue weighted by atomic mass is 16.5. The highest BCUT2D eigenvalue weighted by molar-refractivity contribution is 5.95. The molecule has 0 aliphatic carbocycles. The summed E-state index contributed by atoms with van der Waals surface area (Å²) in [7, 11) is 4.58. The third-order valence-electron chi connectivity index (χ3n) is 9.69. The first-order chi connectivity index (χ1) is 27.4. The van der Waals surface area contributed by atoms with Crippen LogP contribution < -0.4 is 45.0 Å². The fourth-order valence-electron chi connectivity index (χ4n) is 6.60. The molecule has 3 atom stereocenters. The molecule has 2 aliphatic rings. The van der Waals surface area contributed by atoms with Gasteiger partial charge in [0.25, 0.3) is 5.91 Å². The third kappa shape index (κ3) is 11.2. The molecule has 306 valence electrons. The molecular weight excluding hydrogens is 734 g/mol. The number of nitrogens with one attached hydrogen (secondary N) is 4. The van der Waals surface area contributed by atoms with Crippen molar-refractivity contribution in [1.82, 2.24) is 26.2 Å². The number of hydrogen-bond acceptors (Lipinski definition) is 11. The van der Waals surface area contributed by atoms with Gasteiger partial charge >= 0.3 is 0 Å². The molecule has 2 aliphatic heterocycles. The van der Waals surface area contributed by atoms with Crippen molar-refractivity contribution in [2.75, 3.05) is 54.1 Å². The van der Waals surface area contributed by atoms with Crippen LogP contribution >= 0.6 is 0 Å². The Balaban J connectivity index is 1.43. The fourth-order valence-corrected chi connectivity index (χ4v) is 6.60. The first kappa shape index (κ1) is 42.3. The summed E-state index contributed by atoms with van der Waals surface area (Å²) in [4.78, 5) is 56.2. The van der Waals surface area contributed by atoms with Crippen molar-refractivity contribution in [3.63, 3.8) is 0 Å². The number of fused-ring (bicyclic) bond motifs is 4. The second-order valence-corrected chi connectivity index (χ2v) is 14.3. The lowest BCUT2D eigenvalue weighted by Crippen LogP contribution is -2.59. The van der Waals surface area contributed by atoms with Crippen molar-refractivity contribution in [2.45, 2.75) is 58.3 Å². The molecule has 4 amide bonds. The van der Waals surface area contributed by atoms with Crippen LogP contribution in [0.25, 0.3) is 6.08 Å². The van der Waals surface area contributed by atoms with Crippen LogP contribution in [0.2, 0.25) is 0 Å². The number of ether oxygens (including phenoxy) is 5. The van der Waals surface area contributed by atoms with Crippen LogP contribution in [-0.4, -0.2) is 106 Å². The van der Waals surface area contributed by atoms with Crippen LogP contribution in [0, 0.1) is 5.92 Å². The normalized spacial score (nSPS) is 19.5. The molecule has 15 heteroatoms. The maximum atomic E-state index is 13.7. The first-order valence-electron chi connectivity index (χ1n) is 19.0. The van der Waals surface area contributed by atoms with Gasteiger partial charge in [0.1, 0.15) is 41.7 Å². The summed E-state index contributed by atoms with van der Waals surface area (Å²) in [6.07, 6.45) is 1.95. The van der Waals surface area contributed by atoms with Gasteiger partial charge in [-0.05, 0) is 92.4 Å². The number of hydrogen-bond donors (Lipinski definition) is 5. The van der Waals surface area contributed by atoms with E-state index >= 15 is 0 Å². The van der Waals surface area contributed by atoms with E-state index in [1.165, 1.54) is 21.1 Å². The van der Waals surface area contributed by atoms with Crippen molar-refractivity contribution in [1.29, 1.82) is 0 Å². The molecule has 0 fully saturated rings. The zero-order valence-electron chi connectivity index (χ0n) is 33.3. The summed E-state index contributed by atoms with van der Waals surface area (Å²) in [5, 5.41) is 22.0. The Morgan fingerprint density at radius 3 is 2.33 bits per heavy atom. The Morgan fingerprint density at radius 1 is 0.825 bits per heavy atom. The topological polar surface area (TPSA) is 186 Å². The largest absolute Gasteiger partial charge is 0.497 e. The molecule has 3 aromatic rings. The van der Waals surface area contributed by atoms with Crippen molar-refractivity contribution in [3.05, 3.63) is 76.9 Å². The van der Waals surface area contributed by atoms with Gasteiger partial charge in [0.15, 0.2) is 11.5 Å². The lowest BCUT2D eigenvalue weighted by molar-refractivity contribution is -0.135. The lowest BCUT2D eigenvalue weighted by atomic mass is 10.0. The van der Waals surface area contributed by atoms with Crippen LogP contribution in [0.5, 0.6) is 34.5 Å². The van der Waals surface area contributed by atoms with E-state index in [1.54, 1.807) is 57.4 Å². The number of amides is 4. The minimum Gasteiger partial charge on any atom is -0.497 e. The number of nitrogens with zero attached hydrogens (tertiary/aromatic N) is 1. The molecular formula is C42H53N5O10. The predicted molar refractivity (Wildman–Crippen MR) is 213 cm³/mol. The van der Waals surface area contributed by atoms with Crippen LogP contribution in [0.1, 0.15) is 55.1 Å². The SMILES string of the molecule is COc1ccc2c(c1)C=C(CN1CCCCNC(=O)c3ccc(OC)c(c3)Oc3cccc(OC)c3CNC(=O)[C@@H](C(C)C)NC(=O)[C@H]([C@@H](C)O)NC(=O)C1)CO2. The summed E-state index contributed by atoms with van der Waals surface area (Å²) in [5.74, 6) is 0.446. The molecule has 15 nitrogen and oxygen atoms in total. The molecule has 5 N–H and O–H groups in total. The number of methoxy groups -OCH3 is 3. The molecule has 2 heterocycles. The monoisotopic (exact) mass is 787 g/mol. The molecule has 0 aromatic heterocycles. The molecule has 5 rings (SSSR count). The van der Waals surface area contributed by atoms with Crippen molar-refractivity contribution in [2.24, 2.45) is 5.92 Å². The number of carbonyl (C=O) groups excluding carboxylic acids is 4. The van der Waals surface area contributed by atoms with Gasteiger partial charge in [0.05, 0.1) is 46.1 Å². The maximum absolute atomic E-state index is 13.7. The van der Waals surface area contributed by atoms with Gasteiger partial charge in [-0.1, -0.05) is 19.9 Å². The summed E-state index contributed by atoms with van der Waals surface area (Å²) < 4.78 is 28.9. The second kappa shape index (κ2) is 19.9. The van der Waals surface area contributed by atoms with Crippen LogP contribution in [0.3, 0.4) is 0 Å². The molecule has 0 saturated heterocycles. The third-order valence-corrected chi connectivity index (χ3v) is 9.69. The predicted octanol–water partition coefficient (Wildman–Crippen LogP) is 3.43. The summed E-state index contributed by atoms with van der Waals surface area (Å²) >= 11 is 0. The van der Waals surface area contributed by atoms with E-state index in [2.05, 4.69) is 21.3 Å². The Labute approximate surface area is 333 Å². The summed E-state index contributed by atoms with van der Waals surface area (Å²) in [6.45, 7) is 6.32. The molecule has 0 spiro atoms. The molecule has 3 aromatic carbocycles. The quantitative estimate of drug-likeness (QED) is 0.236. The maximum Gasteiger partial charge on any atom is 0.251 e. The van der Waals surface area contributed by atoms with Gasteiger partial charge < -0.3 is 50.1 Å². The van der Waals surface area contributed by atoms with Crippen LogP contribution in [-0.2, 0) is 20.9 Å². The number of carbonyl (C=O) groups is 4. The molecule has 0 radical (unpaired) electrons. The van der Waals surface area contributed by atoms with E-state index in [0.717, 1.165) is 16.9 Å². The number of aliphatic hydroxyl groups excluding tert-OH is 1. The van der Waals surface area contributed by atoms with E-state index in [1.807, 2.05) is 29.2 Å². The average molecular weight is 788 g/mol. The van der Waals surface area contributed by atoms with E-state index in [4.69, 9.17) is 23.7 Å². The highest BCUT2D eigenvalue weighted by Gasteiger charge is 2.32. The van der Waals surface area contributed by atoms with Gasteiger partial charge in [-0.3, -0.25) is 24.1 Å². The molecule has 57 heavy (non-hydrogen) atoms. The van der Waals surface area contributed by atoms with E-state index in [-0.39, 0.29) is 30.7 Å². The number of benzene rings is 3. The van der Waals surface area contributed by atoms with Gasteiger partial charge in [-0.2, -0.15) is 0 Å². The Hall–Kier alpha value is -5.80. The summed E-state index contributed by atoms with van der Waals surface area (Å²) in [5.41, 5.74) is 2.62. The zero-order valence-corrected chi connectivity index (χ0v) is 33.3. The van der Waals surface area contributed by atoms with Gasteiger partial charge in [0.2, 0.25) is 17.7 Å². The Morgan fingerprint density at radius 2 is 1.61 bits per heavy atom.